The fourth-order valence-electron chi connectivity index (χ4n) is 4.26. The van der Waals surface area contributed by atoms with Crippen LogP contribution in [-0.2, 0) is 11.4 Å². The summed E-state index contributed by atoms with van der Waals surface area (Å²) in [6.07, 6.45) is 1.01. The Kier molecular flexibility index (Phi) is 8.00. The van der Waals surface area contributed by atoms with Crippen LogP contribution in [0, 0.1) is 0 Å². The molecule has 0 saturated heterocycles. The molecule has 7 nitrogen and oxygen atoms in total. The molecule has 0 bridgehead atoms. The second-order valence-electron chi connectivity index (χ2n) is 8.85. The maximum atomic E-state index is 13.7. The van der Waals surface area contributed by atoms with Crippen LogP contribution in [0.4, 0.5) is 11.6 Å². The van der Waals surface area contributed by atoms with Crippen molar-refractivity contribution in [1.29, 1.82) is 0 Å². The van der Waals surface area contributed by atoms with Crippen LogP contribution in [0.25, 0.3) is 0 Å². The van der Waals surface area contributed by atoms with Gasteiger partial charge in [0.2, 0.25) is 11.1 Å². The molecule has 5 rings (SSSR count). The number of benzene rings is 3. The summed E-state index contributed by atoms with van der Waals surface area (Å²) in [5, 5.41) is 12.4. The Bertz CT molecular complexity index is 1470. The van der Waals surface area contributed by atoms with Gasteiger partial charge in [0.05, 0.1) is 5.57 Å². The molecule has 38 heavy (non-hydrogen) atoms. The van der Waals surface area contributed by atoms with Gasteiger partial charge >= 0.3 is 0 Å². The lowest BCUT2D eigenvalue weighted by atomic mass is 9.95. The SMILES string of the molecule is CCCSc1nc2n(n1)C(c1cccc(OCc3ccccc3Cl)c1)C(C(=O)Nc1ccccc1)=C(C)N2. The fourth-order valence-corrected chi connectivity index (χ4v) is 5.13. The van der Waals surface area contributed by atoms with Crippen LogP contribution in [0.1, 0.15) is 37.4 Å². The van der Waals surface area contributed by atoms with Crippen LogP contribution in [-0.4, -0.2) is 26.4 Å². The van der Waals surface area contributed by atoms with E-state index in [1.165, 1.54) is 0 Å². The molecule has 1 atom stereocenters. The Morgan fingerprint density at radius 1 is 1.11 bits per heavy atom. The average molecular weight is 546 g/mol. The van der Waals surface area contributed by atoms with Gasteiger partial charge in [-0.2, -0.15) is 4.98 Å². The number of allylic oxidation sites excluding steroid dienone is 1. The predicted octanol–water partition coefficient (Wildman–Crippen LogP) is 6.94. The topological polar surface area (TPSA) is 81.1 Å². The molecule has 0 spiro atoms. The van der Waals surface area contributed by atoms with Gasteiger partial charge in [0.25, 0.3) is 5.91 Å². The van der Waals surface area contributed by atoms with Gasteiger partial charge in [0.1, 0.15) is 18.4 Å². The molecular formula is C29H28ClN5O2S. The molecule has 3 aromatic carbocycles. The number of carbonyl (C=O) groups is 1. The van der Waals surface area contributed by atoms with Gasteiger partial charge in [-0.1, -0.05) is 78.8 Å². The molecule has 2 N–H and O–H groups in total. The lowest BCUT2D eigenvalue weighted by Gasteiger charge is -2.29. The number of anilines is 2. The number of hydrogen-bond acceptors (Lipinski definition) is 6. The Morgan fingerprint density at radius 2 is 1.89 bits per heavy atom. The van der Waals surface area contributed by atoms with Crippen molar-refractivity contribution in [2.75, 3.05) is 16.4 Å². The zero-order chi connectivity index (χ0) is 26.5. The molecule has 1 aromatic heterocycles. The fraction of sp³-hybridized carbons (Fsp3) is 0.207. The average Bonchev–Trinajstić information content (AvgIpc) is 3.33. The number of hydrogen-bond donors (Lipinski definition) is 2. The summed E-state index contributed by atoms with van der Waals surface area (Å²) in [6, 6.07) is 24.3. The number of carbonyl (C=O) groups excluding carboxylic acids is 1. The minimum Gasteiger partial charge on any atom is -0.489 e. The van der Waals surface area contributed by atoms with Crippen LogP contribution in [0.2, 0.25) is 5.02 Å². The largest absolute Gasteiger partial charge is 0.489 e. The van der Waals surface area contributed by atoms with Crippen molar-refractivity contribution in [3.63, 3.8) is 0 Å². The first-order valence-electron chi connectivity index (χ1n) is 12.4. The van der Waals surface area contributed by atoms with Crippen LogP contribution in [0.15, 0.2) is 95.3 Å². The number of rotatable bonds is 9. The Balaban J connectivity index is 1.50. The number of ether oxygens (including phenoxy) is 1. The lowest BCUT2D eigenvalue weighted by Crippen LogP contribution is -2.31. The highest BCUT2D eigenvalue weighted by molar-refractivity contribution is 7.99. The second-order valence-corrected chi connectivity index (χ2v) is 10.3. The number of aromatic nitrogens is 3. The van der Waals surface area contributed by atoms with E-state index < -0.39 is 6.04 Å². The van der Waals surface area contributed by atoms with Gasteiger partial charge in [0.15, 0.2) is 0 Å². The summed E-state index contributed by atoms with van der Waals surface area (Å²) >= 11 is 7.91. The minimum atomic E-state index is -0.498. The van der Waals surface area contributed by atoms with Crippen molar-refractivity contribution in [2.45, 2.75) is 38.1 Å². The van der Waals surface area contributed by atoms with E-state index in [2.05, 4.69) is 17.6 Å². The van der Waals surface area contributed by atoms with E-state index in [9.17, 15) is 4.79 Å². The third-order valence-electron chi connectivity index (χ3n) is 6.07. The predicted molar refractivity (Wildman–Crippen MR) is 153 cm³/mol. The van der Waals surface area contributed by atoms with Gasteiger partial charge in [0, 0.05) is 27.7 Å². The normalized spacial score (nSPS) is 14.6. The van der Waals surface area contributed by atoms with E-state index in [-0.39, 0.29) is 5.91 Å². The first-order chi connectivity index (χ1) is 18.5. The maximum Gasteiger partial charge on any atom is 0.255 e. The molecule has 1 amide bonds. The number of nitrogens with one attached hydrogen (secondary N) is 2. The Labute approximate surface area is 231 Å². The van der Waals surface area contributed by atoms with E-state index in [0.717, 1.165) is 34.7 Å². The molecular weight excluding hydrogens is 518 g/mol. The van der Waals surface area contributed by atoms with Crippen molar-refractivity contribution in [2.24, 2.45) is 0 Å². The van der Waals surface area contributed by atoms with Crippen molar-refractivity contribution in [1.82, 2.24) is 14.8 Å². The number of halogens is 1. The number of thioether (sulfide) groups is 1. The van der Waals surface area contributed by atoms with Crippen molar-refractivity contribution >= 4 is 40.9 Å². The molecule has 4 aromatic rings. The number of nitrogens with zero attached hydrogens (tertiary/aromatic N) is 3. The van der Waals surface area contributed by atoms with Crippen LogP contribution >= 0.6 is 23.4 Å². The highest BCUT2D eigenvalue weighted by atomic mass is 35.5. The summed E-state index contributed by atoms with van der Waals surface area (Å²) in [5.41, 5.74) is 3.76. The maximum absolute atomic E-state index is 13.7. The zero-order valence-corrected chi connectivity index (χ0v) is 22.7. The quantitative estimate of drug-likeness (QED) is 0.222. The Hall–Kier alpha value is -3.75. The smallest absolute Gasteiger partial charge is 0.255 e. The standard InChI is InChI=1S/C29H28ClN5O2S/c1-3-16-38-29-33-28-31-19(2)25(27(36)32-22-12-5-4-6-13-22)26(35(28)34-29)20-11-9-14-23(17-20)37-18-21-10-7-8-15-24(21)30/h4-15,17,26H,3,16,18H2,1-2H3,(H,32,36)(H,31,33,34). The lowest BCUT2D eigenvalue weighted by molar-refractivity contribution is -0.113. The summed E-state index contributed by atoms with van der Waals surface area (Å²) in [6.45, 7) is 4.34. The van der Waals surface area contributed by atoms with Crippen LogP contribution in [0.3, 0.4) is 0 Å². The molecule has 0 saturated carbocycles. The molecule has 1 aliphatic rings. The molecule has 0 radical (unpaired) electrons. The third-order valence-corrected chi connectivity index (χ3v) is 7.48. The van der Waals surface area contributed by atoms with E-state index in [1.807, 2.05) is 85.8 Å². The molecule has 2 heterocycles. The van der Waals surface area contributed by atoms with E-state index in [0.29, 0.717) is 34.1 Å². The minimum absolute atomic E-state index is 0.211. The van der Waals surface area contributed by atoms with E-state index in [1.54, 1.807) is 16.4 Å². The highest BCUT2D eigenvalue weighted by Gasteiger charge is 2.34. The first-order valence-corrected chi connectivity index (χ1v) is 13.8. The molecule has 1 aliphatic heterocycles. The number of para-hydroxylation sites is 1. The van der Waals surface area contributed by atoms with E-state index in [4.69, 9.17) is 26.4 Å². The number of fused-ring (bicyclic) bond motifs is 1. The monoisotopic (exact) mass is 545 g/mol. The van der Waals surface area contributed by atoms with Gasteiger partial charge < -0.3 is 15.4 Å². The summed E-state index contributed by atoms with van der Waals surface area (Å²) in [5.74, 6) is 1.97. The third kappa shape index (κ3) is 5.71. The summed E-state index contributed by atoms with van der Waals surface area (Å²) in [7, 11) is 0. The van der Waals surface area contributed by atoms with E-state index >= 15 is 0 Å². The van der Waals surface area contributed by atoms with Gasteiger partial charge in [-0.25, -0.2) is 4.68 Å². The molecule has 0 fully saturated rings. The van der Waals surface area contributed by atoms with Gasteiger partial charge in [-0.3, -0.25) is 4.79 Å². The highest BCUT2D eigenvalue weighted by Crippen LogP contribution is 2.38. The zero-order valence-electron chi connectivity index (χ0n) is 21.1. The van der Waals surface area contributed by atoms with Crippen LogP contribution in [0.5, 0.6) is 5.75 Å². The molecule has 9 heteroatoms. The van der Waals surface area contributed by atoms with Crippen LogP contribution < -0.4 is 15.4 Å². The Morgan fingerprint density at radius 3 is 2.68 bits per heavy atom. The molecule has 0 aliphatic carbocycles. The molecule has 194 valence electrons. The van der Waals surface area contributed by atoms with Crippen molar-refractivity contribution in [3.8, 4) is 5.75 Å². The second kappa shape index (κ2) is 11.8. The van der Waals surface area contributed by atoms with Crippen molar-refractivity contribution in [3.05, 3.63) is 106 Å². The molecule has 1 unspecified atom stereocenters. The number of amides is 1. The summed E-state index contributed by atoms with van der Waals surface area (Å²) < 4.78 is 7.89. The first kappa shape index (κ1) is 25.9. The van der Waals surface area contributed by atoms with Crippen molar-refractivity contribution < 1.29 is 9.53 Å². The summed E-state index contributed by atoms with van der Waals surface area (Å²) in [4.78, 5) is 18.4. The van der Waals surface area contributed by atoms with Gasteiger partial charge in [-0.15, -0.1) is 5.10 Å². The van der Waals surface area contributed by atoms with Gasteiger partial charge in [-0.05, 0) is 49.2 Å².